The predicted octanol–water partition coefficient (Wildman–Crippen LogP) is 2.76. The van der Waals surface area contributed by atoms with Gasteiger partial charge in [0.1, 0.15) is 5.82 Å². The van der Waals surface area contributed by atoms with Gasteiger partial charge < -0.3 is 5.73 Å². The minimum Gasteiger partial charge on any atom is -0.320 e. The average molecular weight is 262 g/mol. The van der Waals surface area contributed by atoms with Crippen LogP contribution in [0.3, 0.4) is 0 Å². The Bertz CT molecular complexity index is 458. The van der Waals surface area contributed by atoms with Crippen LogP contribution in [0.15, 0.2) is 18.2 Å². The lowest BCUT2D eigenvalue weighted by Crippen LogP contribution is -2.31. The molecule has 0 saturated carbocycles. The van der Waals surface area contributed by atoms with E-state index in [2.05, 4.69) is 37.5 Å². The zero-order valence-electron chi connectivity index (χ0n) is 12.0. The number of hydrogen-bond donors (Lipinski definition) is 1. The van der Waals surface area contributed by atoms with Crippen LogP contribution in [-0.2, 0) is 6.54 Å². The Balaban J connectivity index is 2.98. The Morgan fingerprint density at radius 1 is 1.37 bits per heavy atom. The molecule has 2 N–H and O–H groups in total. The number of hydrogen-bond acceptors (Lipinski definition) is 2. The van der Waals surface area contributed by atoms with Crippen LogP contribution < -0.4 is 5.73 Å². The van der Waals surface area contributed by atoms with Crippen molar-refractivity contribution in [1.82, 2.24) is 4.90 Å². The van der Waals surface area contributed by atoms with E-state index in [1.165, 1.54) is 12.1 Å². The standard InChI is InChI=1S/C16H23FN2/c1-4-10-19(13(2)3)12-15-7-8-16(17)11-14(15)6-5-9-18/h7-8,11,13H,4,9-10,12,18H2,1-3H3. The average Bonchev–Trinajstić information content (AvgIpc) is 2.37. The van der Waals surface area contributed by atoms with Gasteiger partial charge in [0, 0.05) is 18.2 Å². The Labute approximate surface area is 115 Å². The van der Waals surface area contributed by atoms with Crippen LogP contribution >= 0.6 is 0 Å². The van der Waals surface area contributed by atoms with Gasteiger partial charge in [-0.15, -0.1) is 0 Å². The molecule has 19 heavy (non-hydrogen) atoms. The highest BCUT2D eigenvalue weighted by Crippen LogP contribution is 2.15. The van der Waals surface area contributed by atoms with Crippen LogP contribution in [0.4, 0.5) is 4.39 Å². The fraction of sp³-hybridized carbons (Fsp3) is 0.500. The summed E-state index contributed by atoms with van der Waals surface area (Å²) in [5.41, 5.74) is 7.19. The summed E-state index contributed by atoms with van der Waals surface area (Å²) in [7, 11) is 0. The molecule has 0 amide bonds. The lowest BCUT2D eigenvalue weighted by Gasteiger charge is -2.26. The molecule has 0 spiro atoms. The Hall–Kier alpha value is -1.37. The third-order valence-corrected chi connectivity index (χ3v) is 3.01. The van der Waals surface area contributed by atoms with Crippen molar-refractivity contribution < 1.29 is 4.39 Å². The van der Waals surface area contributed by atoms with E-state index in [1.807, 2.05) is 6.07 Å². The maximum Gasteiger partial charge on any atom is 0.124 e. The van der Waals surface area contributed by atoms with E-state index in [4.69, 9.17) is 5.73 Å². The third-order valence-electron chi connectivity index (χ3n) is 3.01. The van der Waals surface area contributed by atoms with Gasteiger partial charge in [0.15, 0.2) is 0 Å². The molecule has 1 aromatic carbocycles. The number of rotatable bonds is 5. The van der Waals surface area contributed by atoms with Gasteiger partial charge in [-0.1, -0.05) is 24.8 Å². The second-order valence-electron chi connectivity index (χ2n) is 4.87. The summed E-state index contributed by atoms with van der Waals surface area (Å²) in [4.78, 5) is 2.36. The Morgan fingerprint density at radius 3 is 2.68 bits per heavy atom. The highest BCUT2D eigenvalue weighted by atomic mass is 19.1. The molecule has 0 bridgehead atoms. The van der Waals surface area contributed by atoms with Gasteiger partial charge in [0.25, 0.3) is 0 Å². The second kappa shape index (κ2) is 7.93. The molecule has 0 saturated heterocycles. The van der Waals surface area contributed by atoms with Gasteiger partial charge >= 0.3 is 0 Å². The first kappa shape index (κ1) is 15.7. The van der Waals surface area contributed by atoms with Crippen molar-refractivity contribution in [1.29, 1.82) is 0 Å². The van der Waals surface area contributed by atoms with Crippen molar-refractivity contribution in [3.63, 3.8) is 0 Å². The van der Waals surface area contributed by atoms with Gasteiger partial charge in [-0.25, -0.2) is 4.39 Å². The highest BCUT2D eigenvalue weighted by Gasteiger charge is 2.11. The van der Waals surface area contributed by atoms with E-state index in [1.54, 1.807) is 0 Å². The Kier molecular flexibility index (Phi) is 6.55. The molecule has 0 aromatic heterocycles. The molecule has 0 aliphatic heterocycles. The van der Waals surface area contributed by atoms with E-state index in [-0.39, 0.29) is 5.82 Å². The quantitative estimate of drug-likeness (QED) is 0.827. The van der Waals surface area contributed by atoms with Crippen LogP contribution in [0.25, 0.3) is 0 Å². The normalized spacial score (nSPS) is 10.7. The summed E-state index contributed by atoms with van der Waals surface area (Å²) in [6, 6.07) is 5.26. The molecule has 1 aromatic rings. The molecule has 0 unspecified atom stereocenters. The third kappa shape index (κ3) is 5.02. The molecular formula is C16H23FN2. The second-order valence-corrected chi connectivity index (χ2v) is 4.87. The van der Waals surface area contributed by atoms with Crippen molar-refractivity contribution >= 4 is 0 Å². The minimum absolute atomic E-state index is 0.253. The minimum atomic E-state index is -0.253. The first-order chi connectivity index (χ1) is 9.08. The zero-order chi connectivity index (χ0) is 14.3. The summed E-state index contributed by atoms with van der Waals surface area (Å²) < 4.78 is 13.3. The fourth-order valence-corrected chi connectivity index (χ4v) is 1.98. The summed E-state index contributed by atoms with van der Waals surface area (Å²) in [5, 5.41) is 0. The smallest absolute Gasteiger partial charge is 0.124 e. The van der Waals surface area contributed by atoms with Crippen LogP contribution in [0, 0.1) is 17.7 Å². The molecule has 0 atom stereocenters. The van der Waals surface area contributed by atoms with E-state index in [9.17, 15) is 4.39 Å². The fourth-order valence-electron chi connectivity index (χ4n) is 1.98. The van der Waals surface area contributed by atoms with Crippen molar-refractivity contribution in [3.05, 3.63) is 35.1 Å². The van der Waals surface area contributed by atoms with Crippen molar-refractivity contribution in [2.45, 2.75) is 39.8 Å². The number of halogens is 1. The first-order valence-corrected chi connectivity index (χ1v) is 6.79. The Morgan fingerprint density at radius 2 is 2.11 bits per heavy atom. The predicted molar refractivity (Wildman–Crippen MR) is 78.2 cm³/mol. The van der Waals surface area contributed by atoms with Gasteiger partial charge in [-0.05, 0) is 44.5 Å². The number of benzene rings is 1. The molecule has 0 aliphatic carbocycles. The monoisotopic (exact) mass is 262 g/mol. The maximum absolute atomic E-state index is 13.3. The summed E-state index contributed by atoms with van der Waals surface area (Å²) in [5.74, 6) is 5.50. The topological polar surface area (TPSA) is 29.3 Å². The molecule has 104 valence electrons. The van der Waals surface area contributed by atoms with Crippen molar-refractivity contribution in [2.75, 3.05) is 13.1 Å². The van der Waals surface area contributed by atoms with Gasteiger partial charge in [-0.2, -0.15) is 0 Å². The molecule has 1 rings (SSSR count). The molecule has 3 heteroatoms. The molecule has 0 heterocycles. The van der Waals surface area contributed by atoms with Crippen molar-refractivity contribution in [2.24, 2.45) is 5.73 Å². The lowest BCUT2D eigenvalue weighted by molar-refractivity contribution is 0.213. The summed E-state index contributed by atoms with van der Waals surface area (Å²) in [6.07, 6.45) is 1.10. The highest BCUT2D eigenvalue weighted by molar-refractivity contribution is 5.41. The van der Waals surface area contributed by atoms with Crippen LogP contribution in [0.5, 0.6) is 0 Å². The van der Waals surface area contributed by atoms with Gasteiger partial charge in [-0.3, -0.25) is 4.90 Å². The van der Waals surface area contributed by atoms with E-state index in [0.717, 1.165) is 30.6 Å². The number of nitrogens with zero attached hydrogens (tertiary/aromatic N) is 1. The van der Waals surface area contributed by atoms with Gasteiger partial charge in [0.2, 0.25) is 0 Å². The molecule has 2 nitrogen and oxygen atoms in total. The SMILES string of the molecule is CCCN(Cc1ccc(F)cc1C#CCN)C(C)C. The van der Waals surface area contributed by atoms with E-state index < -0.39 is 0 Å². The number of nitrogens with two attached hydrogens (primary N) is 1. The van der Waals surface area contributed by atoms with Crippen LogP contribution in [0.1, 0.15) is 38.3 Å². The summed E-state index contributed by atoms with van der Waals surface area (Å²) >= 11 is 0. The van der Waals surface area contributed by atoms with E-state index >= 15 is 0 Å². The molecular weight excluding hydrogens is 239 g/mol. The first-order valence-electron chi connectivity index (χ1n) is 6.79. The van der Waals surface area contributed by atoms with Gasteiger partial charge in [0.05, 0.1) is 6.54 Å². The molecule has 0 aliphatic rings. The summed E-state index contributed by atoms with van der Waals surface area (Å²) in [6.45, 7) is 8.61. The van der Waals surface area contributed by atoms with Crippen LogP contribution in [0.2, 0.25) is 0 Å². The molecule has 0 fully saturated rings. The molecule has 0 radical (unpaired) electrons. The maximum atomic E-state index is 13.3. The van der Waals surface area contributed by atoms with E-state index in [0.29, 0.717) is 12.6 Å². The van der Waals surface area contributed by atoms with Crippen molar-refractivity contribution in [3.8, 4) is 11.8 Å². The zero-order valence-corrected chi connectivity index (χ0v) is 12.0. The largest absolute Gasteiger partial charge is 0.320 e. The lowest BCUT2D eigenvalue weighted by atomic mass is 10.1. The van der Waals surface area contributed by atoms with Crippen LogP contribution in [-0.4, -0.2) is 24.0 Å².